The molecule has 0 aromatic heterocycles. The highest BCUT2D eigenvalue weighted by molar-refractivity contribution is 6.35. The van der Waals surface area contributed by atoms with E-state index in [0.29, 0.717) is 28.7 Å². The lowest BCUT2D eigenvalue weighted by Gasteiger charge is -2.30. The van der Waals surface area contributed by atoms with E-state index in [9.17, 15) is 9.59 Å². The number of carbonyl (C=O) groups is 2. The summed E-state index contributed by atoms with van der Waals surface area (Å²) >= 11 is 11.9. The van der Waals surface area contributed by atoms with Crippen molar-refractivity contribution in [1.29, 1.82) is 0 Å². The van der Waals surface area contributed by atoms with Crippen LogP contribution in [-0.4, -0.2) is 36.3 Å². The van der Waals surface area contributed by atoms with Gasteiger partial charge in [-0.3, -0.25) is 9.59 Å². The number of anilines is 1. The molecule has 22 heavy (non-hydrogen) atoms. The van der Waals surface area contributed by atoms with Gasteiger partial charge in [-0.15, -0.1) is 0 Å². The molecule has 0 unspecified atom stereocenters. The van der Waals surface area contributed by atoms with Gasteiger partial charge in [0, 0.05) is 23.9 Å². The molecule has 2 amide bonds. The predicted molar refractivity (Wildman–Crippen MR) is 88.1 cm³/mol. The molecule has 7 heteroatoms. The molecule has 1 heterocycles. The Balaban J connectivity index is 1.77. The summed E-state index contributed by atoms with van der Waals surface area (Å²) in [6.45, 7) is 2.23. The summed E-state index contributed by atoms with van der Waals surface area (Å²) in [6, 6.07) is 4.94. The Hall–Kier alpha value is -1.30. The Labute approximate surface area is 139 Å². The third kappa shape index (κ3) is 4.87. The van der Waals surface area contributed by atoms with Gasteiger partial charge in [0.1, 0.15) is 0 Å². The maximum absolute atomic E-state index is 12.0. The third-order valence-corrected chi connectivity index (χ3v) is 4.41. The minimum absolute atomic E-state index is 0.0321. The van der Waals surface area contributed by atoms with Crippen molar-refractivity contribution in [3.05, 3.63) is 28.2 Å². The van der Waals surface area contributed by atoms with E-state index < -0.39 is 0 Å². The first kappa shape index (κ1) is 17.1. The van der Waals surface area contributed by atoms with Gasteiger partial charge in [0.2, 0.25) is 11.8 Å². The summed E-state index contributed by atoms with van der Waals surface area (Å²) < 4.78 is 0. The van der Waals surface area contributed by atoms with Gasteiger partial charge in [0.25, 0.3) is 0 Å². The molecule has 0 atom stereocenters. The second-order valence-electron chi connectivity index (χ2n) is 5.44. The Morgan fingerprint density at radius 1 is 1.27 bits per heavy atom. The largest absolute Gasteiger partial charge is 0.369 e. The van der Waals surface area contributed by atoms with E-state index in [2.05, 4.69) is 10.2 Å². The zero-order chi connectivity index (χ0) is 16.1. The van der Waals surface area contributed by atoms with Gasteiger partial charge >= 0.3 is 0 Å². The van der Waals surface area contributed by atoms with Crippen molar-refractivity contribution in [2.24, 2.45) is 11.7 Å². The molecular weight excluding hydrogens is 325 g/mol. The van der Waals surface area contributed by atoms with Crippen LogP contribution in [-0.2, 0) is 9.59 Å². The molecule has 120 valence electrons. The SMILES string of the molecule is NC(=O)C1CCN(CCC(=O)Nc2cc(Cl)ccc2Cl)CC1. The highest BCUT2D eigenvalue weighted by Gasteiger charge is 2.23. The van der Waals surface area contributed by atoms with Gasteiger partial charge in [-0.25, -0.2) is 0 Å². The predicted octanol–water partition coefficient (Wildman–Crippen LogP) is 2.52. The molecule has 0 saturated carbocycles. The second-order valence-corrected chi connectivity index (χ2v) is 6.28. The fraction of sp³-hybridized carbons (Fsp3) is 0.467. The molecule has 5 nitrogen and oxygen atoms in total. The van der Waals surface area contributed by atoms with Gasteiger partial charge < -0.3 is 16.0 Å². The van der Waals surface area contributed by atoms with Crippen molar-refractivity contribution >= 4 is 40.7 Å². The Bertz CT molecular complexity index is 558. The van der Waals surface area contributed by atoms with Gasteiger partial charge in [0.05, 0.1) is 10.7 Å². The lowest BCUT2D eigenvalue weighted by atomic mass is 9.96. The number of halogens is 2. The summed E-state index contributed by atoms with van der Waals surface area (Å²) in [5.74, 6) is -0.371. The number of piperidine rings is 1. The number of primary amides is 1. The minimum Gasteiger partial charge on any atom is -0.369 e. The van der Waals surface area contributed by atoms with E-state index >= 15 is 0 Å². The quantitative estimate of drug-likeness (QED) is 0.862. The van der Waals surface area contributed by atoms with E-state index in [-0.39, 0.29) is 17.7 Å². The molecule has 1 aliphatic rings. The summed E-state index contributed by atoms with van der Waals surface area (Å²) in [7, 11) is 0. The van der Waals surface area contributed by atoms with Gasteiger partial charge in [-0.05, 0) is 44.1 Å². The maximum Gasteiger partial charge on any atom is 0.225 e. The number of nitrogens with two attached hydrogens (primary N) is 1. The van der Waals surface area contributed by atoms with Crippen LogP contribution in [0.15, 0.2) is 18.2 Å². The van der Waals surface area contributed by atoms with Crippen LogP contribution < -0.4 is 11.1 Å². The zero-order valence-corrected chi connectivity index (χ0v) is 13.7. The van der Waals surface area contributed by atoms with E-state index in [1.165, 1.54) is 0 Å². The Morgan fingerprint density at radius 2 is 1.95 bits per heavy atom. The lowest BCUT2D eigenvalue weighted by Crippen LogP contribution is -2.39. The van der Waals surface area contributed by atoms with Gasteiger partial charge in [-0.1, -0.05) is 23.2 Å². The van der Waals surface area contributed by atoms with E-state index in [1.54, 1.807) is 18.2 Å². The number of amides is 2. The standard InChI is InChI=1S/C15H19Cl2N3O2/c16-11-1-2-12(17)13(9-11)19-14(21)5-8-20-6-3-10(4-7-20)15(18)22/h1-2,9-10H,3-8H2,(H2,18,22)(H,19,21). The van der Waals surface area contributed by atoms with Crippen LogP contribution in [0, 0.1) is 5.92 Å². The number of benzene rings is 1. The van der Waals surface area contributed by atoms with E-state index in [0.717, 1.165) is 25.9 Å². The molecule has 0 aliphatic carbocycles. The van der Waals surface area contributed by atoms with Crippen LogP contribution in [0.2, 0.25) is 10.0 Å². The Morgan fingerprint density at radius 3 is 2.59 bits per heavy atom. The molecule has 2 rings (SSSR count). The first-order chi connectivity index (χ1) is 10.5. The van der Waals surface area contributed by atoms with Crippen LogP contribution in [0.1, 0.15) is 19.3 Å². The molecule has 1 fully saturated rings. The number of hydrogen-bond acceptors (Lipinski definition) is 3. The van der Waals surface area contributed by atoms with Crippen molar-refractivity contribution < 1.29 is 9.59 Å². The van der Waals surface area contributed by atoms with Crippen LogP contribution in [0.4, 0.5) is 5.69 Å². The number of carbonyl (C=O) groups excluding carboxylic acids is 2. The van der Waals surface area contributed by atoms with Crippen molar-refractivity contribution in [3.8, 4) is 0 Å². The molecule has 1 aliphatic heterocycles. The summed E-state index contributed by atoms with van der Waals surface area (Å²) in [6.07, 6.45) is 1.89. The maximum atomic E-state index is 12.0. The lowest BCUT2D eigenvalue weighted by molar-refractivity contribution is -0.123. The molecule has 1 aromatic carbocycles. The summed E-state index contributed by atoms with van der Waals surface area (Å²) in [4.78, 5) is 25.2. The average Bonchev–Trinajstić information content (AvgIpc) is 2.49. The highest BCUT2D eigenvalue weighted by atomic mass is 35.5. The molecule has 0 spiro atoms. The zero-order valence-electron chi connectivity index (χ0n) is 12.1. The highest BCUT2D eigenvalue weighted by Crippen LogP contribution is 2.25. The normalized spacial score (nSPS) is 16.5. The second kappa shape index (κ2) is 7.81. The smallest absolute Gasteiger partial charge is 0.225 e. The first-order valence-electron chi connectivity index (χ1n) is 7.22. The minimum atomic E-state index is -0.229. The van der Waals surface area contributed by atoms with Crippen LogP contribution >= 0.6 is 23.2 Å². The summed E-state index contributed by atoms with van der Waals surface area (Å²) in [5, 5.41) is 3.74. The van der Waals surface area contributed by atoms with Crippen molar-refractivity contribution in [1.82, 2.24) is 4.90 Å². The number of nitrogens with zero attached hydrogens (tertiary/aromatic N) is 1. The Kier molecular flexibility index (Phi) is 6.06. The first-order valence-corrected chi connectivity index (χ1v) is 7.98. The summed E-state index contributed by atoms with van der Waals surface area (Å²) in [5.41, 5.74) is 5.82. The number of likely N-dealkylation sites (tertiary alicyclic amines) is 1. The monoisotopic (exact) mass is 343 g/mol. The van der Waals surface area contributed by atoms with Crippen molar-refractivity contribution in [2.75, 3.05) is 25.0 Å². The molecule has 3 N–H and O–H groups in total. The van der Waals surface area contributed by atoms with Gasteiger partial charge in [0.15, 0.2) is 0 Å². The fourth-order valence-corrected chi connectivity index (χ4v) is 2.84. The van der Waals surface area contributed by atoms with Crippen molar-refractivity contribution in [2.45, 2.75) is 19.3 Å². The molecule has 1 aromatic rings. The number of nitrogens with one attached hydrogen (secondary N) is 1. The number of rotatable bonds is 5. The number of hydrogen-bond donors (Lipinski definition) is 2. The van der Waals surface area contributed by atoms with Crippen LogP contribution in [0.25, 0.3) is 0 Å². The topological polar surface area (TPSA) is 75.4 Å². The van der Waals surface area contributed by atoms with Crippen LogP contribution in [0.3, 0.4) is 0 Å². The molecule has 0 radical (unpaired) electrons. The van der Waals surface area contributed by atoms with E-state index in [1.807, 2.05) is 0 Å². The van der Waals surface area contributed by atoms with Crippen LogP contribution in [0.5, 0.6) is 0 Å². The molecule has 0 bridgehead atoms. The van der Waals surface area contributed by atoms with Crippen molar-refractivity contribution in [3.63, 3.8) is 0 Å². The van der Waals surface area contributed by atoms with Gasteiger partial charge in [-0.2, -0.15) is 0 Å². The third-order valence-electron chi connectivity index (χ3n) is 3.85. The average molecular weight is 344 g/mol. The molecule has 1 saturated heterocycles. The fourth-order valence-electron chi connectivity index (χ4n) is 2.51. The van der Waals surface area contributed by atoms with E-state index in [4.69, 9.17) is 28.9 Å². The molecular formula is C15H19Cl2N3O2.